The van der Waals surface area contributed by atoms with Crippen LogP contribution in [0.4, 0.5) is 0 Å². The molecule has 1 atom stereocenters. The molecule has 21 heavy (non-hydrogen) atoms. The Balaban J connectivity index is 1.93. The Kier molecular flexibility index (Phi) is 6.06. The summed E-state index contributed by atoms with van der Waals surface area (Å²) in [5, 5.41) is 3.70. The average Bonchev–Trinajstić information content (AvgIpc) is 3.05. The largest absolute Gasteiger partial charge is 0.325 e. The second-order valence-corrected chi connectivity index (χ2v) is 6.62. The van der Waals surface area contributed by atoms with E-state index >= 15 is 0 Å². The van der Waals surface area contributed by atoms with Crippen molar-refractivity contribution >= 4 is 5.91 Å². The van der Waals surface area contributed by atoms with Gasteiger partial charge in [-0.2, -0.15) is 0 Å². The van der Waals surface area contributed by atoms with E-state index in [2.05, 4.69) is 35.9 Å². The Morgan fingerprint density at radius 1 is 1.24 bits per heavy atom. The molecule has 4 nitrogen and oxygen atoms in total. The molecule has 1 N–H and O–H groups in total. The second kappa shape index (κ2) is 7.59. The molecule has 1 saturated heterocycles. The minimum Gasteiger partial charge on any atom is -0.325 e. The van der Waals surface area contributed by atoms with Crippen LogP contribution in [0.15, 0.2) is 0 Å². The first-order valence-corrected chi connectivity index (χ1v) is 8.98. The van der Waals surface area contributed by atoms with Gasteiger partial charge in [0.2, 0.25) is 5.91 Å². The molecule has 1 amide bonds. The summed E-state index contributed by atoms with van der Waals surface area (Å²) in [7, 11) is 0. The lowest BCUT2D eigenvalue weighted by Gasteiger charge is -2.25. The van der Waals surface area contributed by atoms with Gasteiger partial charge in [0.15, 0.2) is 0 Å². The molecule has 1 saturated carbocycles. The van der Waals surface area contributed by atoms with Crippen molar-refractivity contribution in [3.63, 3.8) is 0 Å². The normalized spacial score (nSPS) is 24.7. The van der Waals surface area contributed by atoms with Crippen LogP contribution in [0.3, 0.4) is 0 Å². The number of hydrogen-bond donors (Lipinski definition) is 1. The highest BCUT2D eigenvalue weighted by Crippen LogP contribution is 2.37. The lowest BCUT2D eigenvalue weighted by molar-refractivity contribution is -0.133. The Hall–Kier alpha value is -0.610. The van der Waals surface area contributed by atoms with Gasteiger partial charge in [-0.05, 0) is 45.3 Å². The van der Waals surface area contributed by atoms with E-state index < -0.39 is 0 Å². The molecule has 2 rings (SSSR count). The average molecular weight is 295 g/mol. The summed E-state index contributed by atoms with van der Waals surface area (Å²) >= 11 is 0. The van der Waals surface area contributed by atoms with Crippen molar-refractivity contribution in [2.75, 3.05) is 26.2 Å². The van der Waals surface area contributed by atoms with Gasteiger partial charge >= 0.3 is 0 Å². The van der Waals surface area contributed by atoms with Crippen LogP contribution in [0, 0.1) is 0 Å². The van der Waals surface area contributed by atoms with Gasteiger partial charge in [-0.1, -0.05) is 40.0 Å². The van der Waals surface area contributed by atoms with Crippen molar-refractivity contribution in [3.05, 3.63) is 0 Å². The Labute approximate surface area is 130 Å². The van der Waals surface area contributed by atoms with Crippen LogP contribution < -0.4 is 5.32 Å². The molecular formula is C17H33N3O. The molecular weight excluding hydrogens is 262 g/mol. The van der Waals surface area contributed by atoms with Crippen LogP contribution >= 0.6 is 0 Å². The van der Waals surface area contributed by atoms with Gasteiger partial charge in [0.25, 0.3) is 0 Å². The molecule has 1 aliphatic carbocycles. The van der Waals surface area contributed by atoms with E-state index in [0.29, 0.717) is 5.91 Å². The highest BCUT2D eigenvalue weighted by atomic mass is 16.2. The lowest BCUT2D eigenvalue weighted by atomic mass is 9.98. The van der Waals surface area contributed by atoms with Crippen molar-refractivity contribution in [1.82, 2.24) is 15.1 Å². The smallest absolute Gasteiger partial charge is 0.244 e. The van der Waals surface area contributed by atoms with Gasteiger partial charge in [-0.15, -0.1) is 0 Å². The zero-order valence-electron chi connectivity index (χ0n) is 14.2. The van der Waals surface area contributed by atoms with Crippen molar-refractivity contribution < 1.29 is 4.79 Å². The molecule has 1 aliphatic heterocycles. The van der Waals surface area contributed by atoms with Crippen LogP contribution in [0.2, 0.25) is 0 Å². The van der Waals surface area contributed by atoms with E-state index in [1.54, 1.807) is 0 Å². The van der Waals surface area contributed by atoms with E-state index in [1.165, 1.54) is 12.8 Å². The maximum Gasteiger partial charge on any atom is 0.244 e. The predicted molar refractivity (Wildman–Crippen MR) is 87.1 cm³/mol. The molecule has 0 radical (unpaired) electrons. The molecule has 1 unspecified atom stereocenters. The van der Waals surface area contributed by atoms with E-state index in [-0.39, 0.29) is 11.7 Å². The summed E-state index contributed by atoms with van der Waals surface area (Å²) in [6.45, 7) is 10.8. The summed E-state index contributed by atoms with van der Waals surface area (Å²) in [4.78, 5) is 17.5. The number of nitrogens with zero attached hydrogens (tertiary/aromatic N) is 2. The molecule has 0 aromatic rings. The summed E-state index contributed by atoms with van der Waals surface area (Å²) in [6.07, 6.45) is 8.06. The van der Waals surface area contributed by atoms with Crippen molar-refractivity contribution in [2.24, 2.45) is 0 Å². The SMILES string of the molecule is CCCC1NC2(CCCC2)C(=O)N1CCCN(CC)CC. The van der Waals surface area contributed by atoms with Gasteiger partial charge in [0, 0.05) is 6.54 Å². The second-order valence-electron chi connectivity index (χ2n) is 6.62. The Morgan fingerprint density at radius 3 is 2.48 bits per heavy atom. The van der Waals surface area contributed by atoms with E-state index in [0.717, 1.165) is 58.3 Å². The summed E-state index contributed by atoms with van der Waals surface area (Å²) in [6, 6.07) is 0. The number of amides is 1. The Morgan fingerprint density at radius 2 is 1.90 bits per heavy atom. The standard InChI is InChI=1S/C17H33N3O/c1-4-10-15-18-17(11-7-8-12-17)16(21)20(15)14-9-13-19(5-2)6-3/h15,18H,4-14H2,1-3H3. The van der Waals surface area contributed by atoms with Crippen molar-refractivity contribution in [3.8, 4) is 0 Å². The first-order chi connectivity index (χ1) is 10.2. The molecule has 1 heterocycles. The fourth-order valence-corrected chi connectivity index (χ4v) is 3.98. The van der Waals surface area contributed by atoms with Gasteiger partial charge < -0.3 is 9.80 Å². The number of rotatable bonds is 8. The number of hydrogen-bond acceptors (Lipinski definition) is 3. The fraction of sp³-hybridized carbons (Fsp3) is 0.941. The van der Waals surface area contributed by atoms with Crippen LogP contribution in [0.1, 0.15) is 65.7 Å². The molecule has 2 aliphatic rings. The summed E-state index contributed by atoms with van der Waals surface area (Å²) in [5.74, 6) is 0.387. The first kappa shape index (κ1) is 16.8. The number of carbonyl (C=O) groups excluding carboxylic acids is 1. The van der Waals surface area contributed by atoms with Crippen LogP contribution in [0.25, 0.3) is 0 Å². The summed E-state index contributed by atoms with van der Waals surface area (Å²) < 4.78 is 0. The zero-order chi connectivity index (χ0) is 15.3. The molecule has 0 aromatic heterocycles. The molecule has 2 fully saturated rings. The molecule has 122 valence electrons. The van der Waals surface area contributed by atoms with Gasteiger partial charge in [-0.3, -0.25) is 10.1 Å². The third-order valence-corrected chi connectivity index (χ3v) is 5.28. The maximum atomic E-state index is 12.9. The highest BCUT2D eigenvalue weighted by molar-refractivity contribution is 5.89. The van der Waals surface area contributed by atoms with Crippen LogP contribution in [0.5, 0.6) is 0 Å². The maximum absolute atomic E-state index is 12.9. The number of nitrogens with one attached hydrogen (secondary N) is 1. The van der Waals surface area contributed by atoms with Crippen molar-refractivity contribution in [2.45, 2.75) is 77.4 Å². The molecule has 0 bridgehead atoms. The zero-order valence-corrected chi connectivity index (χ0v) is 14.2. The minimum atomic E-state index is -0.199. The summed E-state index contributed by atoms with van der Waals surface area (Å²) in [5.41, 5.74) is -0.199. The van der Waals surface area contributed by atoms with Gasteiger partial charge in [0.05, 0.1) is 11.7 Å². The minimum absolute atomic E-state index is 0.199. The van der Waals surface area contributed by atoms with Crippen LogP contribution in [-0.2, 0) is 4.79 Å². The monoisotopic (exact) mass is 295 g/mol. The van der Waals surface area contributed by atoms with Gasteiger partial charge in [-0.25, -0.2) is 0 Å². The Bertz CT molecular complexity index is 335. The van der Waals surface area contributed by atoms with E-state index in [1.807, 2.05) is 0 Å². The molecule has 0 aromatic carbocycles. The first-order valence-electron chi connectivity index (χ1n) is 8.98. The topological polar surface area (TPSA) is 35.6 Å². The fourth-order valence-electron chi connectivity index (χ4n) is 3.98. The predicted octanol–water partition coefficient (Wildman–Crippen LogP) is 2.59. The van der Waals surface area contributed by atoms with E-state index in [4.69, 9.17) is 0 Å². The van der Waals surface area contributed by atoms with Crippen molar-refractivity contribution in [1.29, 1.82) is 0 Å². The van der Waals surface area contributed by atoms with Gasteiger partial charge in [0.1, 0.15) is 0 Å². The molecule has 1 spiro atoms. The lowest BCUT2D eigenvalue weighted by Crippen LogP contribution is -2.44. The van der Waals surface area contributed by atoms with Crippen LogP contribution in [-0.4, -0.2) is 53.6 Å². The number of carbonyl (C=O) groups is 1. The highest BCUT2D eigenvalue weighted by Gasteiger charge is 2.51. The third-order valence-electron chi connectivity index (χ3n) is 5.28. The van der Waals surface area contributed by atoms with E-state index in [9.17, 15) is 4.79 Å². The molecule has 4 heteroatoms. The quantitative estimate of drug-likeness (QED) is 0.747. The third kappa shape index (κ3) is 3.59.